The molecule has 3 nitrogen and oxygen atoms in total. The molecule has 1 heterocycles. The average Bonchev–Trinajstić information content (AvgIpc) is 2.37. The molecule has 0 fully saturated rings. The molecule has 1 unspecified atom stereocenters. The molecule has 0 aliphatic carbocycles. The quantitative estimate of drug-likeness (QED) is 0.882. The second-order valence-corrected chi connectivity index (χ2v) is 4.88. The van der Waals surface area contributed by atoms with Crippen molar-refractivity contribution in [3.63, 3.8) is 0 Å². The molecule has 88 valence electrons. The van der Waals surface area contributed by atoms with Gasteiger partial charge in [0, 0.05) is 17.3 Å². The molecule has 0 saturated carbocycles. The molecular weight excluding hydrogens is 280 g/mol. The number of carbonyl (C=O) groups excluding carboxylic acids is 1. The molecule has 1 aromatic carbocycles. The van der Waals surface area contributed by atoms with Gasteiger partial charge in [-0.05, 0) is 30.7 Å². The molecule has 1 N–H and O–H groups in total. The molecule has 0 aliphatic heterocycles. The Balaban J connectivity index is 2.22. The van der Waals surface area contributed by atoms with Crippen LogP contribution in [0.5, 0.6) is 0 Å². The molecule has 2 aromatic rings. The predicted octanol–water partition coefficient (Wildman–Crippen LogP) is 3.35. The first-order valence-electron chi connectivity index (χ1n) is 5.50. The van der Waals surface area contributed by atoms with E-state index in [1.807, 2.05) is 37.3 Å². The molecule has 1 aromatic heterocycles. The lowest BCUT2D eigenvalue weighted by Gasteiger charge is -2.09. The SMILES string of the molecule is CCC(Br)C(=O)Nc1ccc2ncccc2c1. The fourth-order valence-electron chi connectivity index (χ4n) is 1.56. The van der Waals surface area contributed by atoms with Crippen molar-refractivity contribution >= 4 is 38.4 Å². The van der Waals surface area contributed by atoms with Gasteiger partial charge in [-0.3, -0.25) is 9.78 Å². The van der Waals surface area contributed by atoms with Crippen molar-refractivity contribution in [3.05, 3.63) is 36.5 Å². The van der Waals surface area contributed by atoms with Gasteiger partial charge in [0.2, 0.25) is 5.91 Å². The lowest BCUT2D eigenvalue weighted by molar-refractivity contribution is -0.115. The molecule has 0 saturated heterocycles. The van der Waals surface area contributed by atoms with E-state index in [-0.39, 0.29) is 10.7 Å². The lowest BCUT2D eigenvalue weighted by Crippen LogP contribution is -2.21. The Labute approximate surface area is 108 Å². The maximum atomic E-state index is 11.7. The van der Waals surface area contributed by atoms with Crippen LogP contribution in [0.1, 0.15) is 13.3 Å². The summed E-state index contributed by atoms with van der Waals surface area (Å²) in [6, 6.07) is 9.55. The number of benzene rings is 1. The van der Waals surface area contributed by atoms with E-state index in [0.717, 1.165) is 23.0 Å². The second kappa shape index (κ2) is 5.27. The van der Waals surface area contributed by atoms with Gasteiger partial charge in [0.15, 0.2) is 0 Å². The van der Waals surface area contributed by atoms with Crippen LogP contribution in [0.25, 0.3) is 10.9 Å². The highest BCUT2D eigenvalue weighted by Crippen LogP contribution is 2.18. The number of amides is 1. The lowest BCUT2D eigenvalue weighted by atomic mass is 10.2. The maximum absolute atomic E-state index is 11.7. The summed E-state index contributed by atoms with van der Waals surface area (Å²) in [5, 5.41) is 3.89. The van der Waals surface area contributed by atoms with Gasteiger partial charge >= 0.3 is 0 Å². The topological polar surface area (TPSA) is 42.0 Å². The molecule has 2 rings (SSSR count). The number of aromatic nitrogens is 1. The maximum Gasteiger partial charge on any atom is 0.238 e. The molecule has 0 spiro atoms. The van der Waals surface area contributed by atoms with E-state index in [2.05, 4.69) is 26.2 Å². The van der Waals surface area contributed by atoms with E-state index >= 15 is 0 Å². The van der Waals surface area contributed by atoms with E-state index < -0.39 is 0 Å². The molecule has 1 atom stereocenters. The summed E-state index contributed by atoms with van der Waals surface area (Å²) in [4.78, 5) is 15.8. The molecule has 0 radical (unpaired) electrons. The van der Waals surface area contributed by atoms with Gasteiger partial charge in [-0.2, -0.15) is 0 Å². The van der Waals surface area contributed by atoms with Crippen LogP contribution in [0.3, 0.4) is 0 Å². The third-order valence-corrected chi connectivity index (χ3v) is 3.58. The smallest absolute Gasteiger partial charge is 0.238 e. The third-order valence-electron chi connectivity index (χ3n) is 2.51. The first-order valence-corrected chi connectivity index (χ1v) is 6.42. The molecule has 1 amide bonds. The number of halogens is 1. The van der Waals surface area contributed by atoms with Crippen LogP contribution in [0.4, 0.5) is 5.69 Å². The van der Waals surface area contributed by atoms with Crippen molar-refractivity contribution in [2.75, 3.05) is 5.32 Å². The molecule has 0 bridgehead atoms. The average molecular weight is 293 g/mol. The van der Waals surface area contributed by atoms with Gasteiger partial charge in [0.25, 0.3) is 0 Å². The Kier molecular flexibility index (Phi) is 3.74. The Hall–Kier alpha value is -1.42. The molecule has 0 aliphatic rings. The Morgan fingerprint density at radius 1 is 1.47 bits per heavy atom. The highest BCUT2D eigenvalue weighted by Gasteiger charge is 2.12. The minimum Gasteiger partial charge on any atom is -0.325 e. The number of nitrogens with zero attached hydrogens (tertiary/aromatic N) is 1. The van der Waals surface area contributed by atoms with Crippen molar-refractivity contribution in [2.45, 2.75) is 18.2 Å². The van der Waals surface area contributed by atoms with E-state index in [1.165, 1.54) is 0 Å². The zero-order valence-corrected chi connectivity index (χ0v) is 11.1. The number of hydrogen-bond acceptors (Lipinski definition) is 2. The summed E-state index contributed by atoms with van der Waals surface area (Å²) in [5.41, 5.74) is 1.73. The number of fused-ring (bicyclic) bond motifs is 1. The summed E-state index contributed by atoms with van der Waals surface area (Å²) >= 11 is 3.33. The fraction of sp³-hybridized carbons (Fsp3) is 0.231. The predicted molar refractivity (Wildman–Crippen MR) is 73.4 cm³/mol. The molecule has 4 heteroatoms. The third kappa shape index (κ3) is 2.82. The van der Waals surface area contributed by atoms with Gasteiger partial charge in [0.1, 0.15) is 0 Å². The van der Waals surface area contributed by atoms with Crippen LogP contribution in [-0.4, -0.2) is 15.7 Å². The van der Waals surface area contributed by atoms with Gasteiger partial charge in [-0.25, -0.2) is 0 Å². The summed E-state index contributed by atoms with van der Waals surface area (Å²) in [5.74, 6) is -0.0178. The Bertz CT molecular complexity index is 542. The van der Waals surface area contributed by atoms with E-state index in [1.54, 1.807) is 6.20 Å². The van der Waals surface area contributed by atoms with Gasteiger partial charge < -0.3 is 5.32 Å². The van der Waals surface area contributed by atoms with Gasteiger partial charge in [-0.1, -0.05) is 28.9 Å². The number of nitrogens with one attached hydrogen (secondary N) is 1. The standard InChI is InChI=1S/C13H13BrN2O/c1-2-11(14)13(17)16-10-5-6-12-9(8-10)4-3-7-15-12/h3-8,11H,2H2,1H3,(H,16,17). The fourth-order valence-corrected chi connectivity index (χ4v) is 1.67. The van der Waals surface area contributed by atoms with Crippen LogP contribution in [0.2, 0.25) is 0 Å². The summed E-state index contributed by atoms with van der Waals surface area (Å²) in [6.07, 6.45) is 2.52. The molecular formula is C13H13BrN2O. The van der Waals surface area contributed by atoms with Crippen molar-refractivity contribution in [1.82, 2.24) is 4.98 Å². The number of carbonyl (C=O) groups is 1. The van der Waals surface area contributed by atoms with Crippen molar-refractivity contribution in [3.8, 4) is 0 Å². The first-order chi connectivity index (χ1) is 8.20. The second-order valence-electron chi connectivity index (χ2n) is 3.78. The monoisotopic (exact) mass is 292 g/mol. The number of hydrogen-bond donors (Lipinski definition) is 1. The first kappa shape index (κ1) is 12.0. The van der Waals surface area contributed by atoms with Crippen LogP contribution in [0.15, 0.2) is 36.5 Å². The van der Waals surface area contributed by atoms with Crippen LogP contribution in [0, 0.1) is 0 Å². The number of rotatable bonds is 3. The molecule has 17 heavy (non-hydrogen) atoms. The van der Waals surface area contributed by atoms with Crippen LogP contribution in [-0.2, 0) is 4.79 Å². The van der Waals surface area contributed by atoms with Crippen LogP contribution < -0.4 is 5.32 Å². The summed E-state index contributed by atoms with van der Waals surface area (Å²) < 4.78 is 0. The van der Waals surface area contributed by atoms with E-state index in [0.29, 0.717) is 0 Å². The number of anilines is 1. The Morgan fingerprint density at radius 3 is 3.06 bits per heavy atom. The van der Waals surface area contributed by atoms with Crippen molar-refractivity contribution in [1.29, 1.82) is 0 Å². The zero-order chi connectivity index (χ0) is 12.3. The summed E-state index contributed by atoms with van der Waals surface area (Å²) in [6.45, 7) is 1.96. The van der Waals surface area contributed by atoms with Crippen LogP contribution >= 0.6 is 15.9 Å². The van der Waals surface area contributed by atoms with Gasteiger partial charge in [0.05, 0.1) is 10.3 Å². The highest BCUT2D eigenvalue weighted by atomic mass is 79.9. The van der Waals surface area contributed by atoms with E-state index in [9.17, 15) is 4.79 Å². The summed E-state index contributed by atoms with van der Waals surface area (Å²) in [7, 11) is 0. The van der Waals surface area contributed by atoms with Gasteiger partial charge in [-0.15, -0.1) is 0 Å². The van der Waals surface area contributed by atoms with Crippen molar-refractivity contribution < 1.29 is 4.79 Å². The minimum atomic E-state index is -0.146. The van der Waals surface area contributed by atoms with Crippen molar-refractivity contribution in [2.24, 2.45) is 0 Å². The number of alkyl halides is 1. The largest absolute Gasteiger partial charge is 0.325 e. The zero-order valence-electron chi connectivity index (χ0n) is 9.48. The Morgan fingerprint density at radius 2 is 2.29 bits per heavy atom. The minimum absolute atomic E-state index is 0.0178. The normalized spacial score (nSPS) is 12.4. The van der Waals surface area contributed by atoms with E-state index in [4.69, 9.17) is 0 Å². The number of pyridine rings is 1. The highest BCUT2D eigenvalue weighted by molar-refractivity contribution is 9.10.